The fraction of sp³-hybridized carbons (Fsp3) is 0.409. The van der Waals surface area contributed by atoms with Crippen LogP contribution in [0.1, 0.15) is 35.5 Å². The smallest absolute Gasteiger partial charge is 0.251 e. The SMILES string of the molecule is Cc1cc(CN(C)C(=O)[C@H]2[C@H]3C[C@H](CN(c4cnccn4)C3)c3cccc(=O)n32)on1. The highest BCUT2D eigenvalue weighted by molar-refractivity contribution is 5.81. The standard InChI is InChI=1S/C22H24N6O3/c1-14-8-17(31-25-14)13-26(2)22(30)21-16-9-15(18-4-3-5-20(29)28(18)21)11-27(12-16)19-10-23-6-7-24-19/h3-8,10,15-16,21H,9,11-13H2,1-2H3/t15-,16+,21-/m1/s1. The predicted molar refractivity (Wildman–Crippen MR) is 113 cm³/mol. The van der Waals surface area contributed by atoms with E-state index in [4.69, 9.17) is 4.52 Å². The summed E-state index contributed by atoms with van der Waals surface area (Å²) in [6.45, 7) is 3.53. The number of aromatic nitrogens is 4. The summed E-state index contributed by atoms with van der Waals surface area (Å²) >= 11 is 0. The number of rotatable bonds is 4. The molecule has 3 aromatic rings. The van der Waals surface area contributed by atoms with Crippen LogP contribution in [0.5, 0.6) is 0 Å². The number of fused-ring (bicyclic) bond motifs is 4. The fourth-order valence-electron chi connectivity index (χ4n) is 4.92. The minimum atomic E-state index is -0.576. The van der Waals surface area contributed by atoms with Crippen molar-refractivity contribution in [2.75, 3.05) is 25.0 Å². The summed E-state index contributed by atoms with van der Waals surface area (Å²) in [5.41, 5.74) is 1.53. The minimum Gasteiger partial charge on any atom is -0.359 e. The van der Waals surface area contributed by atoms with Crippen LogP contribution in [0.2, 0.25) is 0 Å². The van der Waals surface area contributed by atoms with E-state index in [1.807, 2.05) is 19.1 Å². The number of hydrogen-bond acceptors (Lipinski definition) is 7. The molecule has 0 aliphatic carbocycles. The molecule has 5 heterocycles. The number of piperidine rings is 1. The fourth-order valence-corrected chi connectivity index (χ4v) is 4.92. The van der Waals surface area contributed by atoms with Gasteiger partial charge in [0.05, 0.1) is 18.4 Å². The van der Waals surface area contributed by atoms with Crippen molar-refractivity contribution in [2.45, 2.75) is 31.8 Å². The van der Waals surface area contributed by atoms with E-state index in [-0.39, 0.29) is 23.3 Å². The maximum absolute atomic E-state index is 13.6. The number of carbonyl (C=O) groups excluding carboxylic acids is 1. The van der Waals surface area contributed by atoms with Gasteiger partial charge in [-0.05, 0) is 19.4 Å². The molecule has 9 heteroatoms. The number of likely N-dealkylation sites (N-methyl/N-ethyl adjacent to an activating group) is 1. The molecule has 2 bridgehead atoms. The highest BCUT2D eigenvalue weighted by Gasteiger charge is 2.44. The Kier molecular flexibility index (Phi) is 4.80. The lowest BCUT2D eigenvalue weighted by Gasteiger charge is -2.47. The summed E-state index contributed by atoms with van der Waals surface area (Å²) in [5.74, 6) is 1.45. The van der Waals surface area contributed by atoms with Crippen molar-refractivity contribution in [3.8, 4) is 0 Å². The van der Waals surface area contributed by atoms with Gasteiger partial charge in [0.1, 0.15) is 11.9 Å². The van der Waals surface area contributed by atoms with Gasteiger partial charge in [0.15, 0.2) is 5.76 Å². The lowest BCUT2D eigenvalue weighted by atomic mass is 9.78. The van der Waals surface area contributed by atoms with Gasteiger partial charge in [0.25, 0.3) is 5.56 Å². The van der Waals surface area contributed by atoms with Gasteiger partial charge in [0.2, 0.25) is 5.91 Å². The molecule has 1 saturated heterocycles. The Morgan fingerprint density at radius 1 is 1.29 bits per heavy atom. The summed E-state index contributed by atoms with van der Waals surface area (Å²) in [7, 11) is 1.74. The van der Waals surface area contributed by atoms with Gasteiger partial charge in [0, 0.05) is 62.2 Å². The van der Waals surface area contributed by atoms with Crippen molar-refractivity contribution in [3.63, 3.8) is 0 Å². The Bertz CT molecular complexity index is 1160. The molecule has 0 N–H and O–H groups in total. The topological polar surface area (TPSA) is 97.4 Å². The third-order valence-corrected chi connectivity index (χ3v) is 6.22. The van der Waals surface area contributed by atoms with Crippen LogP contribution in [0.3, 0.4) is 0 Å². The van der Waals surface area contributed by atoms with Crippen molar-refractivity contribution in [1.29, 1.82) is 0 Å². The highest BCUT2D eigenvalue weighted by Crippen LogP contribution is 2.42. The normalized spacial score (nSPS) is 22.1. The van der Waals surface area contributed by atoms with Crippen molar-refractivity contribution in [1.82, 2.24) is 24.6 Å². The molecule has 31 heavy (non-hydrogen) atoms. The van der Waals surface area contributed by atoms with E-state index in [1.54, 1.807) is 41.2 Å². The Balaban J connectivity index is 1.50. The Hall–Kier alpha value is -3.49. The molecule has 2 aliphatic rings. The van der Waals surface area contributed by atoms with E-state index in [2.05, 4.69) is 20.0 Å². The molecule has 0 saturated carbocycles. The lowest BCUT2D eigenvalue weighted by Crippen LogP contribution is -2.53. The maximum Gasteiger partial charge on any atom is 0.251 e. The quantitative estimate of drug-likeness (QED) is 0.634. The number of pyridine rings is 1. The molecule has 0 radical (unpaired) electrons. The Labute approximate surface area is 179 Å². The first-order chi connectivity index (χ1) is 15.0. The van der Waals surface area contributed by atoms with E-state index < -0.39 is 6.04 Å². The molecule has 3 aromatic heterocycles. The molecule has 0 spiro atoms. The number of nitrogens with zero attached hydrogens (tertiary/aromatic N) is 6. The summed E-state index contributed by atoms with van der Waals surface area (Å²) < 4.78 is 6.99. The molecule has 160 valence electrons. The average Bonchev–Trinajstić information content (AvgIpc) is 3.19. The van der Waals surface area contributed by atoms with E-state index >= 15 is 0 Å². The van der Waals surface area contributed by atoms with Gasteiger partial charge in [-0.25, -0.2) is 4.98 Å². The number of carbonyl (C=O) groups is 1. The zero-order chi connectivity index (χ0) is 21.5. The summed E-state index contributed by atoms with van der Waals surface area (Å²) in [5, 5.41) is 3.90. The molecule has 0 unspecified atom stereocenters. The van der Waals surface area contributed by atoms with Crippen LogP contribution in [0.4, 0.5) is 5.82 Å². The number of aryl methyl sites for hydroxylation is 1. The number of hydrogen-bond donors (Lipinski definition) is 0. The summed E-state index contributed by atoms with van der Waals surface area (Å²) in [6, 6.07) is 6.51. The largest absolute Gasteiger partial charge is 0.359 e. The van der Waals surface area contributed by atoms with Crippen LogP contribution in [0.15, 0.2) is 52.2 Å². The molecule has 1 fully saturated rings. The zero-order valence-electron chi connectivity index (χ0n) is 17.5. The van der Waals surface area contributed by atoms with Crippen LogP contribution in [0, 0.1) is 12.8 Å². The van der Waals surface area contributed by atoms with Gasteiger partial charge in [-0.2, -0.15) is 0 Å². The first-order valence-electron chi connectivity index (χ1n) is 10.4. The number of anilines is 1. The second-order valence-corrected chi connectivity index (χ2v) is 8.39. The minimum absolute atomic E-state index is 0.0141. The Morgan fingerprint density at radius 2 is 2.16 bits per heavy atom. The van der Waals surface area contributed by atoms with Gasteiger partial charge in [-0.1, -0.05) is 11.2 Å². The van der Waals surface area contributed by atoms with Gasteiger partial charge >= 0.3 is 0 Å². The first kappa shape index (κ1) is 19.5. The molecule has 3 atom stereocenters. The van der Waals surface area contributed by atoms with Gasteiger partial charge in [-0.3, -0.25) is 19.1 Å². The molecular formula is C22H24N6O3. The lowest BCUT2D eigenvalue weighted by molar-refractivity contribution is -0.137. The van der Waals surface area contributed by atoms with Crippen LogP contribution >= 0.6 is 0 Å². The van der Waals surface area contributed by atoms with E-state index in [1.165, 1.54) is 6.07 Å². The van der Waals surface area contributed by atoms with Crippen LogP contribution < -0.4 is 10.5 Å². The molecule has 2 aliphatic heterocycles. The van der Waals surface area contributed by atoms with Crippen LogP contribution in [-0.2, 0) is 11.3 Å². The third kappa shape index (κ3) is 3.49. The van der Waals surface area contributed by atoms with E-state index in [0.717, 1.165) is 30.2 Å². The monoisotopic (exact) mass is 420 g/mol. The highest BCUT2D eigenvalue weighted by atomic mass is 16.5. The number of amides is 1. The van der Waals surface area contributed by atoms with E-state index in [9.17, 15) is 9.59 Å². The maximum atomic E-state index is 13.6. The van der Waals surface area contributed by atoms with Crippen LogP contribution in [0.25, 0.3) is 0 Å². The van der Waals surface area contributed by atoms with Gasteiger partial charge in [-0.15, -0.1) is 0 Å². The first-order valence-corrected chi connectivity index (χ1v) is 10.4. The summed E-state index contributed by atoms with van der Waals surface area (Å²) in [4.78, 5) is 38.9. The van der Waals surface area contributed by atoms with Crippen molar-refractivity contribution in [3.05, 3.63) is 70.4 Å². The predicted octanol–water partition coefficient (Wildman–Crippen LogP) is 1.76. The average molecular weight is 420 g/mol. The third-order valence-electron chi connectivity index (χ3n) is 6.22. The second kappa shape index (κ2) is 7.64. The Morgan fingerprint density at radius 3 is 2.90 bits per heavy atom. The van der Waals surface area contributed by atoms with Crippen LogP contribution in [-0.4, -0.2) is 50.6 Å². The molecule has 0 aromatic carbocycles. The van der Waals surface area contributed by atoms with Crippen molar-refractivity contribution in [2.24, 2.45) is 5.92 Å². The second-order valence-electron chi connectivity index (χ2n) is 8.39. The molecule has 9 nitrogen and oxygen atoms in total. The van der Waals surface area contributed by atoms with E-state index in [0.29, 0.717) is 18.8 Å². The summed E-state index contributed by atoms with van der Waals surface area (Å²) in [6.07, 6.45) is 5.92. The molecule has 5 rings (SSSR count). The van der Waals surface area contributed by atoms with Crippen molar-refractivity contribution < 1.29 is 9.32 Å². The molecular weight excluding hydrogens is 396 g/mol. The van der Waals surface area contributed by atoms with Gasteiger partial charge < -0.3 is 14.3 Å². The van der Waals surface area contributed by atoms with Crippen molar-refractivity contribution >= 4 is 11.7 Å². The zero-order valence-corrected chi connectivity index (χ0v) is 17.5. The molecule has 1 amide bonds.